The summed E-state index contributed by atoms with van der Waals surface area (Å²) >= 11 is 3.19. The maximum Gasteiger partial charge on any atom is 0.229 e. The molecule has 1 aromatic carbocycles. The summed E-state index contributed by atoms with van der Waals surface area (Å²) in [6.45, 7) is 4.09. The standard InChI is InChI=1S/C14H14BrN3O/c1-9-3-4-11(5-10(9)2)6-14(19)18-13-8-16-12(15)7-17-13/h3-5,7-8H,6H2,1-2H3,(H,17,18,19). The van der Waals surface area contributed by atoms with Crippen LogP contribution >= 0.6 is 15.9 Å². The van der Waals surface area contributed by atoms with Gasteiger partial charge in [0.15, 0.2) is 5.82 Å². The third-order valence-electron chi connectivity index (χ3n) is 2.82. The van der Waals surface area contributed by atoms with Gasteiger partial charge in [0.1, 0.15) is 4.60 Å². The fourth-order valence-corrected chi connectivity index (χ4v) is 1.87. The number of rotatable bonds is 3. The van der Waals surface area contributed by atoms with E-state index in [9.17, 15) is 4.79 Å². The van der Waals surface area contributed by atoms with Gasteiger partial charge in [-0.15, -0.1) is 0 Å². The average Bonchev–Trinajstić information content (AvgIpc) is 2.37. The summed E-state index contributed by atoms with van der Waals surface area (Å²) < 4.78 is 0.639. The van der Waals surface area contributed by atoms with Crippen molar-refractivity contribution in [2.75, 3.05) is 5.32 Å². The number of benzene rings is 1. The molecule has 19 heavy (non-hydrogen) atoms. The number of carbonyl (C=O) groups excluding carboxylic acids is 1. The van der Waals surface area contributed by atoms with E-state index < -0.39 is 0 Å². The Labute approximate surface area is 120 Å². The zero-order chi connectivity index (χ0) is 13.8. The number of nitrogens with one attached hydrogen (secondary N) is 1. The van der Waals surface area contributed by atoms with Crippen LogP contribution in [0.1, 0.15) is 16.7 Å². The molecule has 0 spiro atoms. The van der Waals surface area contributed by atoms with Gasteiger partial charge in [0.2, 0.25) is 5.91 Å². The molecule has 0 atom stereocenters. The Morgan fingerprint density at radius 3 is 2.63 bits per heavy atom. The van der Waals surface area contributed by atoms with Crippen molar-refractivity contribution in [2.24, 2.45) is 0 Å². The molecule has 0 saturated carbocycles. The molecule has 1 aromatic heterocycles. The Bertz CT molecular complexity index is 596. The number of carbonyl (C=O) groups is 1. The fraction of sp³-hybridized carbons (Fsp3) is 0.214. The summed E-state index contributed by atoms with van der Waals surface area (Å²) in [5.74, 6) is 0.358. The second kappa shape index (κ2) is 5.93. The zero-order valence-corrected chi connectivity index (χ0v) is 12.4. The fourth-order valence-electron chi connectivity index (χ4n) is 1.66. The van der Waals surface area contributed by atoms with Crippen LogP contribution < -0.4 is 5.32 Å². The first kappa shape index (κ1) is 13.7. The highest BCUT2D eigenvalue weighted by atomic mass is 79.9. The Hall–Kier alpha value is -1.75. The van der Waals surface area contributed by atoms with E-state index in [-0.39, 0.29) is 5.91 Å². The number of hydrogen-bond donors (Lipinski definition) is 1. The van der Waals surface area contributed by atoms with E-state index in [1.807, 2.05) is 25.1 Å². The molecule has 0 fully saturated rings. The minimum absolute atomic E-state index is 0.0973. The van der Waals surface area contributed by atoms with Gasteiger partial charge in [0.05, 0.1) is 18.8 Å². The van der Waals surface area contributed by atoms with Gasteiger partial charge in [0.25, 0.3) is 0 Å². The first-order chi connectivity index (χ1) is 9.04. The number of nitrogens with zero attached hydrogens (tertiary/aromatic N) is 2. The van der Waals surface area contributed by atoms with Crippen LogP contribution in [-0.2, 0) is 11.2 Å². The Balaban J connectivity index is 2.01. The molecule has 0 unspecified atom stereocenters. The molecule has 0 aliphatic carbocycles. The van der Waals surface area contributed by atoms with Crippen LogP contribution in [-0.4, -0.2) is 15.9 Å². The monoisotopic (exact) mass is 319 g/mol. The van der Waals surface area contributed by atoms with Crippen LogP contribution in [0, 0.1) is 13.8 Å². The van der Waals surface area contributed by atoms with Crippen molar-refractivity contribution in [2.45, 2.75) is 20.3 Å². The van der Waals surface area contributed by atoms with E-state index >= 15 is 0 Å². The summed E-state index contributed by atoms with van der Waals surface area (Å²) in [4.78, 5) is 19.9. The van der Waals surface area contributed by atoms with Crippen molar-refractivity contribution in [1.29, 1.82) is 0 Å². The van der Waals surface area contributed by atoms with E-state index in [1.54, 1.807) is 6.20 Å². The lowest BCUT2D eigenvalue weighted by Gasteiger charge is -2.06. The van der Waals surface area contributed by atoms with Gasteiger partial charge < -0.3 is 5.32 Å². The molecular weight excluding hydrogens is 306 g/mol. The minimum atomic E-state index is -0.0973. The van der Waals surface area contributed by atoms with Gasteiger partial charge in [0, 0.05) is 0 Å². The molecular formula is C14H14BrN3O. The van der Waals surface area contributed by atoms with Crippen molar-refractivity contribution < 1.29 is 4.79 Å². The maximum absolute atomic E-state index is 11.9. The van der Waals surface area contributed by atoms with Crippen molar-refractivity contribution in [1.82, 2.24) is 9.97 Å². The molecule has 4 nitrogen and oxygen atoms in total. The van der Waals surface area contributed by atoms with Crippen molar-refractivity contribution >= 4 is 27.7 Å². The lowest BCUT2D eigenvalue weighted by Crippen LogP contribution is -2.15. The van der Waals surface area contributed by atoms with Crippen molar-refractivity contribution in [3.63, 3.8) is 0 Å². The number of halogens is 1. The van der Waals surface area contributed by atoms with Crippen LogP contribution in [0.4, 0.5) is 5.82 Å². The van der Waals surface area contributed by atoms with Gasteiger partial charge in [-0.2, -0.15) is 0 Å². The van der Waals surface area contributed by atoms with Gasteiger partial charge in [-0.25, -0.2) is 9.97 Å². The lowest BCUT2D eigenvalue weighted by molar-refractivity contribution is -0.115. The van der Waals surface area contributed by atoms with Crippen LogP contribution in [0.2, 0.25) is 0 Å². The van der Waals surface area contributed by atoms with E-state index in [4.69, 9.17) is 0 Å². The Morgan fingerprint density at radius 2 is 2.00 bits per heavy atom. The topological polar surface area (TPSA) is 54.9 Å². The first-order valence-electron chi connectivity index (χ1n) is 5.88. The molecule has 0 aliphatic heterocycles. The number of amides is 1. The molecule has 1 N–H and O–H groups in total. The smallest absolute Gasteiger partial charge is 0.229 e. The molecule has 1 amide bonds. The second-order valence-corrected chi connectivity index (χ2v) is 5.18. The van der Waals surface area contributed by atoms with E-state index in [0.717, 1.165) is 5.56 Å². The predicted octanol–water partition coefficient (Wildman–Crippen LogP) is 3.04. The number of anilines is 1. The Morgan fingerprint density at radius 1 is 1.21 bits per heavy atom. The van der Waals surface area contributed by atoms with E-state index in [2.05, 4.69) is 38.1 Å². The molecule has 0 bridgehead atoms. The van der Waals surface area contributed by atoms with Gasteiger partial charge in [-0.1, -0.05) is 18.2 Å². The maximum atomic E-state index is 11.9. The van der Waals surface area contributed by atoms with Crippen LogP contribution in [0.5, 0.6) is 0 Å². The summed E-state index contributed by atoms with van der Waals surface area (Å²) in [5.41, 5.74) is 3.40. The summed E-state index contributed by atoms with van der Waals surface area (Å²) in [5, 5.41) is 2.72. The third-order valence-corrected chi connectivity index (χ3v) is 3.23. The van der Waals surface area contributed by atoms with Gasteiger partial charge in [-0.05, 0) is 46.5 Å². The molecule has 5 heteroatoms. The molecule has 0 saturated heterocycles. The highest BCUT2D eigenvalue weighted by Crippen LogP contribution is 2.11. The van der Waals surface area contributed by atoms with Crippen molar-refractivity contribution in [3.05, 3.63) is 51.9 Å². The first-order valence-corrected chi connectivity index (χ1v) is 6.67. The normalized spacial score (nSPS) is 10.3. The summed E-state index contributed by atoms with van der Waals surface area (Å²) in [7, 11) is 0. The highest BCUT2D eigenvalue weighted by Gasteiger charge is 2.06. The van der Waals surface area contributed by atoms with Crippen LogP contribution in [0.3, 0.4) is 0 Å². The van der Waals surface area contributed by atoms with Crippen molar-refractivity contribution in [3.8, 4) is 0 Å². The number of hydrogen-bond acceptors (Lipinski definition) is 3. The predicted molar refractivity (Wildman–Crippen MR) is 78.0 cm³/mol. The minimum Gasteiger partial charge on any atom is -0.309 e. The number of aromatic nitrogens is 2. The highest BCUT2D eigenvalue weighted by molar-refractivity contribution is 9.10. The molecule has 2 rings (SSSR count). The molecule has 98 valence electrons. The SMILES string of the molecule is Cc1ccc(CC(=O)Nc2cnc(Br)cn2)cc1C. The molecule has 1 heterocycles. The average molecular weight is 320 g/mol. The molecule has 0 aliphatic rings. The van der Waals surface area contributed by atoms with E-state index in [1.165, 1.54) is 17.3 Å². The molecule has 2 aromatic rings. The lowest BCUT2D eigenvalue weighted by atomic mass is 10.0. The summed E-state index contributed by atoms with van der Waals surface area (Å²) in [6, 6.07) is 6.02. The molecule has 0 radical (unpaired) electrons. The zero-order valence-electron chi connectivity index (χ0n) is 10.8. The largest absolute Gasteiger partial charge is 0.309 e. The second-order valence-electron chi connectivity index (χ2n) is 4.37. The number of aryl methyl sites for hydroxylation is 2. The Kier molecular flexibility index (Phi) is 4.27. The third kappa shape index (κ3) is 3.86. The van der Waals surface area contributed by atoms with Gasteiger partial charge in [-0.3, -0.25) is 4.79 Å². The van der Waals surface area contributed by atoms with Crippen LogP contribution in [0.15, 0.2) is 35.2 Å². The van der Waals surface area contributed by atoms with E-state index in [0.29, 0.717) is 16.8 Å². The summed E-state index contributed by atoms with van der Waals surface area (Å²) in [6.07, 6.45) is 3.40. The van der Waals surface area contributed by atoms with Crippen LogP contribution in [0.25, 0.3) is 0 Å². The van der Waals surface area contributed by atoms with Gasteiger partial charge >= 0.3 is 0 Å². The quantitative estimate of drug-likeness (QED) is 0.946.